The van der Waals surface area contributed by atoms with Gasteiger partial charge in [-0.2, -0.15) is 0 Å². The fraction of sp³-hybridized carbons (Fsp3) is 0.250. The Kier molecular flexibility index (Phi) is 5.96. The molecule has 0 saturated carbocycles. The zero-order valence-corrected chi connectivity index (χ0v) is 10.9. The third-order valence-corrected chi connectivity index (χ3v) is 1.93. The molecular weight excluding hydrogens is 228 g/mol. The van der Waals surface area contributed by atoms with Crippen LogP contribution in [0.2, 0.25) is 0 Å². The number of hydrogen-bond acceptors (Lipinski definition) is 3. The Labute approximate surface area is 107 Å². The Hall–Kier alpha value is -2.37. The van der Waals surface area contributed by atoms with Gasteiger partial charge < -0.3 is 9.13 Å². The van der Waals surface area contributed by atoms with E-state index in [0.717, 1.165) is 0 Å². The van der Waals surface area contributed by atoms with Crippen molar-refractivity contribution >= 4 is 0 Å². The Morgan fingerprint density at radius 3 is 1.67 bits per heavy atom. The second-order valence-corrected chi connectivity index (χ2v) is 3.65. The van der Waals surface area contributed by atoms with Gasteiger partial charge in [0.1, 0.15) is 0 Å². The largest absolute Gasteiger partial charge is 0.357 e. The van der Waals surface area contributed by atoms with E-state index in [1.807, 2.05) is 61.0 Å². The van der Waals surface area contributed by atoms with Crippen LogP contribution in [0.1, 0.15) is 0 Å². The van der Waals surface area contributed by atoms with Crippen molar-refractivity contribution in [3.05, 3.63) is 55.6 Å². The van der Waals surface area contributed by atoms with Crippen molar-refractivity contribution in [2.45, 2.75) is 0 Å². The summed E-state index contributed by atoms with van der Waals surface area (Å²) in [5.41, 5.74) is 0. The highest BCUT2D eigenvalue weighted by molar-refractivity contribution is 4.88. The molecule has 0 amide bonds. The molecule has 0 bridgehead atoms. The first-order chi connectivity index (χ1) is 8.68. The van der Waals surface area contributed by atoms with E-state index < -0.39 is 0 Å². The molecule has 3 heterocycles. The van der Waals surface area contributed by atoms with Gasteiger partial charge in [0.25, 0.3) is 0 Å². The van der Waals surface area contributed by atoms with E-state index in [4.69, 9.17) is 0 Å². The van der Waals surface area contributed by atoms with Gasteiger partial charge in [-0.25, -0.2) is 4.98 Å². The maximum absolute atomic E-state index is 3.78. The number of imidazole rings is 1. The second-order valence-electron chi connectivity index (χ2n) is 3.65. The zero-order chi connectivity index (χ0) is 13.2. The van der Waals surface area contributed by atoms with Gasteiger partial charge in [-0.1, -0.05) is 5.21 Å². The van der Waals surface area contributed by atoms with Crippen LogP contribution in [0.3, 0.4) is 0 Å². The summed E-state index contributed by atoms with van der Waals surface area (Å²) in [6.07, 6.45) is 12.8. The lowest BCUT2D eigenvalue weighted by molar-refractivity contribution is 0.715. The molecule has 3 aromatic rings. The monoisotopic (exact) mass is 246 g/mol. The van der Waals surface area contributed by atoms with E-state index in [0.29, 0.717) is 0 Å². The maximum atomic E-state index is 3.78. The summed E-state index contributed by atoms with van der Waals surface area (Å²) in [6.45, 7) is 0. The quantitative estimate of drug-likeness (QED) is 0.600. The molecule has 0 aliphatic heterocycles. The van der Waals surface area contributed by atoms with Gasteiger partial charge in [0.2, 0.25) is 0 Å². The molecule has 3 rings (SSSR count). The average molecular weight is 246 g/mol. The minimum Gasteiger partial charge on any atom is -0.357 e. The minimum atomic E-state index is 1.64. The van der Waals surface area contributed by atoms with E-state index in [9.17, 15) is 0 Å². The molecule has 0 spiro atoms. The van der Waals surface area contributed by atoms with Crippen LogP contribution in [-0.2, 0) is 21.1 Å². The number of hydrogen-bond donors (Lipinski definition) is 0. The number of aromatic nitrogens is 6. The van der Waals surface area contributed by atoms with Crippen LogP contribution in [0.25, 0.3) is 0 Å². The van der Waals surface area contributed by atoms with Crippen LogP contribution < -0.4 is 0 Å². The highest BCUT2D eigenvalue weighted by Gasteiger charge is 1.71. The van der Waals surface area contributed by atoms with Gasteiger partial charge >= 0.3 is 0 Å². The van der Waals surface area contributed by atoms with E-state index in [2.05, 4.69) is 15.3 Å². The molecular formula is C12H18N6. The van der Waals surface area contributed by atoms with Gasteiger partial charge in [-0.3, -0.25) is 4.68 Å². The molecule has 0 aliphatic rings. The SMILES string of the molecule is Cn1cccc1.Cn1ccnc1.Cn1ccnn1. The number of nitrogens with zero attached hydrogens (tertiary/aromatic N) is 6. The van der Waals surface area contributed by atoms with Crippen LogP contribution in [0.4, 0.5) is 0 Å². The van der Waals surface area contributed by atoms with Gasteiger partial charge in [0.05, 0.1) is 12.5 Å². The van der Waals surface area contributed by atoms with Crippen molar-refractivity contribution in [3.63, 3.8) is 0 Å². The van der Waals surface area contributed by atoms with Crippen LogP contribution in [0.15, 0.2) is 55.6 Å². The molecule has 0 saturated heterocycles. The summed E-state index contributed by atoms with van der Waals surface area (Å²) in [6, 6.07) is 4.00. The summed E-state index contributed by atoms with van der Waals surface area (Å²) in [5, 5.41) is 7.12. The van der Waals surface area contributed by atoms with Crippen LogP contribution in [0, 0.1) is 0 Å². The minimum absolute atomic E-state index is 1.64. The standard InChI is InChI=1S/C5H7N.C4H6N2.C3H5N3/c1-6-4-2-3-5-6;1-6-3-2-5-4-6;1-6-3-2-4-5-6/h2-5H,1H3;2-4H,1H3;2-3H,1H3. The summed E-state index contributed by atoms with van der Waals surface area (Å²) >= 11 is 0. The van der Waals surface area contributed by atoms with E-state index in [-0.39, 0.29) is 0 Å². The van der Waals surface area contributed by atoms with Gasteiger partial charge in [0, 0.05) is 52.1 Å². The third kappa shape index (κ3) is 6.26. The maximum Gasteiger partial charge on any atom is 0.0943 e. The van der Waals surface area contributed by atoms with E-state index >= 15 is 0 Å². The molecule has 0 fully saturated rings. The molecule has 0 radical (unpaired) electrons. The summed E-state index contributed by atoms with van der Waals surface area (Å²) in [5.74, 6) is 0. The van der Waals surface area contributed by atoms with Crippen molar-refractivity contribution in [3.8, 4) is 0 Å². The summed E-state index contributed by atoms with van der Waals surface area (Å²) in [7, 11) is 5.76. The molecule has 18 heavy (non-hydrogen) atoms. The molecule has 96 valence electrons. The van der Waals surface area contributed by atoms with Gasteiger partial charge in [-0.15, -0.1) is 5.10 Å². The Balaban J connectivity index is 0.000000135. The van der Waals surface area contributed by atoms with Crippen LogP contribution >= 0.6 is 0 Å². The summed E-state index contributed by atoms with van der Waals surface area (Å²) < 4.78 is 5.53. The topological polar surface area (TPSA) is 53.5 Å². The molecule has 0 atom stereocenters. The fourth-order valence-corrected chi connectivity index (χ4v) is 1.01. The highest BCUT2D eigenvalue weighted by Crippen LogP contribution is 1.80. The van der Waals surface area contributed by atoms with Crippen LogP contribution in [0.5, 0.6) is 0 Å². The second kappa shape index (κ2) is 7.83. The molecule has 3 aromatic heterocycles. The third-order valence-electron chi connectivity index (χ3n) is 1.93. The molecule has 0 aliphatic carbocycles. The molecule has 0 aromatic carbocycles. The van der Waals surface area contributed by atoms with Crippen molar-refractivity contribution in [2.75, 3.05) is 0 Å². The van der Waals surface area contributed by atoms with Crippen molar-refractivity contribution < 1.29 is 0 Å². The lowest BCUT2D eigenvalue weighted by Gasteiger charge is -1.79. The first kappa shape index (κ1) is 13.7. The first-order valence-corrected chi connectivity index (χ1v) is 5.47. The lowest BCUT2D eigenvalue weighted by atomic mass is 10.7. The predicted molar refractivity (Wildman–Crippen MR) is 69.6 cm³/mol. The van der Waals surface area contributed by atoms with Gasteiger partial charge in [-0.05, 0) is 12.1 Å². The van der Waals surface area contributed by atoms with Crippen molar-refractivity contribution in [1.29, 1.82) is 0 Å². The van der Waals surface area contributed by atoms with E-state index in [1.54, 1.807) is 29.6 Å². The lowest BCUT2D eigenvalue weighted by Crippen LogP contribution is -1.85. The fourth-order valence-electron chi connectivity index (χ4n) is 1.01. The zero-order valence-electron chi connectivity index (χ0n) is 10.9. The Morgan fingerprint density at radius 2 is 1.50 bits per heavy atom. The predicted octanol–water partition coefficient (Wildman–Crippen LogP) is 1.26. The Morgan fingerprint density at radius 1 is 0.778 bits per heavy atom. The summed E-state index contributed by atoms with van der Waals surface area (Å²) in [4.78, 5) is 3.78. The van der Waals surface area contributed by atoms with Crippen molar-refractivity contribution in [1.82, 2.24) is 29.1 Å². The molecule has 6 nitrogen and oxygen atoms in total. The van der Waals surface area contributed by atoms with Crippen LogP contribution in [-0.4, -0.2) is 29.1 Å². The normalized spacial score (nSPS) is 8.83. The highest BCUT2D eigenvalue weighted by atomic mass is 15.4. The van der Waals surface area contributed by atoms with E-state index in [1.165, 1.54) is 0 Å². The molecule has 6 heteroatoms. The number of rotatable bonds is 0. The first-order valence-electron chi connectivity index (χ1n) is 5.47. The van der Waals surface area contributed by atoms with Gasteiger partial charge in [0.15, 0.2) is 0 Å². The average Bonchev–Trinajstić information content (AvgIpc) is 3.05. The number of aryl methyl sites for hydroxylation is 3. The Bertz CT molecular complexity index is 404. The smallest absolute Gasteiger partial charge is 0.0943 e. The van der Waals surface area contributed by atoms with Crippen molar-refractivity contribution in [2.24, 2.45) is 21.1 Å². The molecule has 0 unspecified atom stereocenters. The molecule has 0 N–H and O–H groups in total.